The van der Waals surface area contributed by atoms with Crippen LogP contribution in [0.2, 0.25) is 0 Å². The first-order chi connectivity index (χ1) is 38.5. The van der Waals surface area contributed by atoms with Crippen molar-refractivity contribution >= 4 is 17.1 Å². The third-order valence-corrected chi connectivity index (χ3v) is 18.2. The predicted molar refractivity (Wildman–Crippen MR) is 323 cm³/mol. The second-order valence-electron chi connectivity index (χ2n) is 22.2. The van der Waals surface area contributed by atoms with Gasteiger partial charge in [-0.1, -0.05) is 263 Å². The van der Waals surface area contributed by atoms with E-state index in [-0.39, 0.29) is 5.41 Å². The molecule has 0 heterocycles. The number of benzene rings is 12. The van der Waals surface area contributed by atoms with Crippen molar-refractivity contribution in [3.8, 4) is 66.8 Å². The molecular formula is C77H53N. The van der Waals surface area contributed by atoms with Gasteiger partial charge in [-0.05, 0) is 148 Å². The van der Waals surface area contributed by atoms with E-state index in [1.165, 1.54) is 122 Å². The highest BCUT2D eigenvalue weighted by atomic mass is 15.1. The summed E-state index contributed by atoms with van der Waals surface area (Å²) in [5.41, 5.74) is 29.9. The number of nitrogens with zero attached hydrogens (tertiary/aromatic N) is 1. The van der Waals surface area contributed by atoms with Crippen molar-refractivity contribution in [2.24, 2.45) is 0 Å². The lowest BCUT2D eigenvalue weighted by Crippen LogP contribution is -2.44. The van der Waals surface area contributed by atoms with Crippen molar-refractivity contribution in [3.05, 3.63) is 341 Å². The summed E-state index contributed by atoms with van der Waals surface area (Å²) in [6.07, 6.45) is 0. The molecule has 4 aliphatic rings. The second-order valence-corrected chi connectivity index (χ2v) is 22.2. The Morgan fingerprint density at radius 1 is 0.231 bits per heavy atom. The number of anilines is 3. The van der Waals surface area contributed by atoms with E-state index in [0.29, 0.717) is 0 Å². The molecule has 0 bridgehead atoms. The van der Waals surface area contributed by atoms with Gasteiger partial charge >= 0.3 is 0 Å². The van der Waals surface area contributed by atoms with Crippen molar-refractivity contribution in [1.29, 1.82) is 0 Å². The van der Waals surface area contributed by atoms with Crippen LogP contribution in [0.1, 0.15) is 69.5 Å². The van der Waals surface area contributed by atoms with Gasteiger partial charge in [0.25, 0.3) is 0 Å². The number of hydrogen-bond acceptors (Lipinski definition) is 1. The Labute approximate surface area is 457 Å². The summed E-state index contributed by atoms with van der Waals surface area (Å²) in [7, 11) is 0. The van der Waals surface area contributed by atoms with Gasteiger partial charge in [0.2, 0.25) is 0 Å². The molecule has 0 amide bonds. The molecule has 12 aromatic carbocycles. The summed E-state index contributed by atoms with van der Waals surface area (Å²) < 4.78 is 0. The zero-order chi connectivity index (χ0) is 51.7. The lowest BCUT2D eigenvalue weighted by atomic mass is 9.52. The summed E-state index contributed by atoms with van der Waals surface area (Å²) >= 11 is 0. The maximum atomic E-state index is 2.59. The first kappa shape index (κ1) is 44.7. The quantitative estimate of drug-likeness (QED) is 0.160. The Balaban J connectivity index is 1.05. The molecule has 2 spiro atoms. The third kappa shape index (κ3) is 5.96. The van der Waals surface area contributed by atoms with Crippen molar-refractivity contribution in [3.63, 3.8) is 0 Å². The van der Waals surface area contributed by atoms with E-state index in [9.17, 15) is 0 Å². The van der Waals surface area contributed by atoms with E-state index < -0.39 is 10.8 Å². The predicted octanol–water partition coefficient (Wildman–Crippen LogP) is 19.5. The van der Waals surface area contributed by atoms with Gasteiger partial charge in [-0.25, -0.2) is 0 Å². The fraction of sp³-hybridized carbons (Fsp3) is 0.0649. The van der Waals surface area contributed by atoms with E-state index >= 15 is 0 Å². The van der Waals surface area contributed by atoms with E-state index in [0.717, 1.165) is 17.1 Å². The van der Waals surface area contributed by atoms with Crippen LogP contribution in [0.5, 0.6) is 0 Å². The zero-order valence-corrected chi connectivity index (χ0v) is 43.6. The molecule has 4 aliphatic carbocycles. The van der Waals surface area contributed by atoms with Gasteiger partial charge in [0.1, 0.15) is 0 Å². The van der Waals surface area contributed by atoms with Crippen molar-refractivity contribution in [2.75, 3.05) is 4.90 Å². The zero-order valence-electron chi connectivity index (χ0n) is 43.6. The number of rotatable bonds is 6. The van der Waals surface area contributed by atoms with Crippen LogP contribution < -0.4 is 4.90 Å². The molecule has 0 aromatic heterocycles. The molecule has 1 nitrogen and oxygen atoms in total. The third-order valence-electron chi connectivity index (χ3n) is 18.2. The second kappa shape index (κ2) is 16.7. The van der Waals surface area contributed by atoms with Gasteiger partial charge in [-0.2, -0.15) is 0 Å². The van der Waals surface area contributed by atoms with E-state index in [1.807, 2.05) is 0 Å². The molecule has 0 aliphatic heterocycles. The van der Waals surface area contributed by atoms with Crippen molar-refractivity contribution < 1.29 is 0 Å². The minimum Gasteiger partial charge on any atom is -0.309 e. The Hall–Kier alpha value is -9.56. The fourth-order valence-corrected chi connectivity index (χ4v) is 14.9. The summed E-state index contributed by atoms with van der Waals surface area (Å²) in [6, 6.07) is 108. The Bertz CT molecular complexity index is 4370. The lowest BCUT2D eigenvalue weighted by molar-refractivity contribution is 0.633. The first-order valence-electron chi connectivity index (χ1n) is 27.5. The lowest BCUT2D eigenvalue weighted by Gasteiger charge is -2.49. The molecule has 12 aromatic rings. The highest BCUT2D eigenvalue weighted by molar-refractivity contribution is 6.02. The summed E-state index contributed by atoms with van der Waals surface area (Å²) in [6.45, 7) is 4.78. The Kier molecular flexibility index (Phi) is 9.58. The molecule has 1 heteroatoms. The minimum absolute atomic E-state index is 0.195. The molecule has 78 heavy (non-hydrogen) atoms. The first-order valence-corrected chi connectivity index (χ1v) is 27.5. The van der Waals surface area contributed by atoms with Crippen molar-refractivity contribution in [2.45, 2.75) is 30.1 Å². The molecule has 0 saturated heterocycles. The molecule has 16 rings (SSSR count). The monoisotopic (exact) mass is 991 g/mol. The van der Waals surface area contributed by atoms with Crippen LogP contribution in [0.4, 0.5) is 17.1 Å². The smallest absolute Gasteiger partial charge is 0.0721 e. The highest BCUT2D eigenvalue weighted by Gasteiger charge is 2.59. The maximum Gasteiger partial charge on any atom is 0.0721 e. The van der Waals surface area contributed by atoms with Crippen LogP contribution in [0.25, 0.3) is 66.8 Å². The molecular weight excluding hydrogens is 939 g/mol. The standard InChI is InChI=1S/C77H53N/c1-75(2)62-34-17-12-30-57(62)60-44-43-55(49-69(60)75)78(72-39-21-16-29-56(72)52-27-10-5-11-28-52)73-40-22-38-68-74(73)61-33-15-20-37-65(61)77(68)67-46-42-53(50-23-6-3-7-24-50)47-70(67)76(63-35-18-13-31-58(63)59-32-14-19-36-64(59)76)66-45-41-54(48-71(66)77)51-25-8-4-9-26-51/h3-49H,1-2H3. The Morgan fingerprint density at radius 2 is 0.641 bits per heavy atom. The van der Waals surface area contributed by atoms with Gasteiger partial charge < -0.3 is 4.90 Å². The Morgan fingerprint density at radius 3 is 1.22 bits per heavy atom. The van der Waals surface area contributed by atoms with Crippen molar-refractivity contribution in [1.82, 2.24) is 0 Å². The molecule has 366 valence electrons. The van der Waals surface area contributed by atoms with Gasteiger partial charge in [-0.15, -0.1) is 0 Å². The van der Waals surface area contributed by atoms with Crippen LogP contribution in [0, 0.1) is 0 Å². The van der Waals surface area contributed by atoms with Crippen LogP contribution >= 0.6 is 0 Å². The SMILES string of the molecule is CC1(C)c2ccccc2-c2ccc(N(c3ccccc3-c3ccccc3)c3cccc4c3-c3ccccc3C43c4ccc(-c5ccccc5)cc4C4(c5ccccc5-c5ccccc54)c4ccc(-c5ccccc5)cc43)cc21. The van der Waals surface area contributed by atoms with Crippen LogP contribution in [0.3, 0.4) is 0 Å². The molecule has 1 unspecified atom stereocenters. The average Bonchev–Trinajstić information content (AvgIpc) is 4.26. The fourth-order valence-electron chi connectivity index (χ4n) is 14.9. The molecule has 0 fully saturated rings. The van der Waals surface area contributed by atoms with Crippen LogP contribution in [-0.4, -0.2) is 0 Å². The molecule has 0 saturated carbocycles. The van der Waals surface area contributed by atoms with E-state index in [1.54, 1.807) is 0 Å². The largest absolute Gasteiger partial charge is 0.309 e. The average molecular weight is 992 g/mol. The summed E-state index contributed by atoms with van der Waals surface area (Å²) in [4.78, 5) is 2.59. The van der Waals surface area contributed by atoms with Crippen LogP contribution in [-0.2, 0) is 16.2 Å². The maximum absolute atomic E-state index is 2.59. The molecule has 0 N–H and O–H groups in total. The van der Waals surface area contributed by atoms with E-state index in [4.69, 9.17) is 0 Å². The normalized spacial score (nSPS) is 15.8. The summed E-state index contributed by atoms with van der Waals surface area (Å²) in [5, 5.41) is 0. The van der Waals surface area contributed by atoms with Crippen LogP contribution in [0.15, 0.2) is 285 Å². The van der Waals surface area contributed by atoms with Gasteiger partial charge in [0, 0.05) is 22.2 Å². The van der Waals surface area contributed by atoms with Gasteiger partial charge in [0.15, 0.2) is 0 Å². The van der Waals surface area contributed by atoms with Gasteiger partial charge in [-0.3, -0.25) is 0 Å². The number of fused-ring (bicyclic) bond motifs is 19. The number of para-hydroxylation sites is 1. The minimum atomic E-state index is -0.740. The highest BCUT2D eigenvalue weighted by Crippen LogP contribution is 2.69. The number of hydrogen-bond donors (Lipinski definition) is 0. The molecule has 1 atom stereocenters. The summed E-state index contributed by atoms with van der Waals surface area (Å²) in [5.74, 6) is 0. The topological polar surface area (TPSA) is 3.24 Å². The molecule has 0 radical (unpaired) electrons. The van der Waals surface area contributed by atoms with E-state index in [2.05, 4.69) is 304 Å². The van der Waals surface area contributed by atoms with Gasteiger partial charge in [0.05, 0.1) is 22.2 Å².